The zero-order valence-electron chi connectivity index (χ0n) is 12.4. The molecule has 0 aliphatic carbocycles. The molecule has 1 saturated heterocycles. The molecule has 0 bridgehead atoms. The molecule has 0 saturated carbocycles. The molecule has 5 heteroatoms. The minimum absolute atomic E-state index is 0.0410. The largest absolute Gasteiger partial charge is 0.350 e. The molecule has 114 valence electrons. The maximum Gasteiger partial charge on any atom is 0.253 e. The lowest BCUT2D eigenvalue weighted by Crippen LogP contribution is -2.54. The van der Waals surface area contributed by atoms with E-state index in [2.05, 4.69) is 4.98 Å². The van der Waals surface area contributed by atoms with E-state index >= 15 is 0 Å². The summed E-state index contributed by atoms with van der Waals surface area (Å²) in [6.07, 6.45) is 0. The molecule has 1 aliphatic rings. The first-order chi connectivity index (χ1) is 10.6. The van der Waals surface area contributed by atoms with Crippen molar-refractivity contribution in [1.29, 1.82) is 0 Å². The number of carbonyl (C=O) groups excluding carboxylic acids is 1. The van der Waals surface area contributed by atoms with Crippen molar-refractivity contribution >= 4 is 11.7 Å². The molecule has 1 fully saturated rings. The molecular formula is C17H18FN3O. The fourth-order valence-electron chi connectivity index (χ4n) is 2.80. The van der Waals surface area contributed by atoms with Crippen molar-refractivity contribution in [2.24, 2.45) is 0 Å². The van der Waals surface area contributed by atoms with Gasteiger partial charge in [-0.3, -0.25) is 4.79 Å². The molecule has 1 aliphatic heterocycles. The van der Waals surface area contributed by atoms with Crippen LogP contribution in [-0.2, 0) is 0 Å². The first-order valence-electron chi connectivity index (χ1n) is 7.38. The van der Waals surface area contributed by atoms with Crippen molar-refractivity contribution in [3.63, 3.8) is 0 Å². The van der Waals surface area contributed by atoms with Crippen LogP contribution in [0.5, 0.6) is 0 Å². The van der Waals surface area contributed by atoms with E-state index in [1.165, 1.54) is 6.07 Å². The van der Waals surface area contributed by atoms with Crippen LogP contribution in [0.15, 0.2) is 48.5 Å². The summed E-state index contributed by atoms with van der Waals surface area (Å²) in [5, 5.41) is 0. The first-order valence-corrected chi connectivity index (χ1v) is 7.38. The van der Waals surface area contributed by atoms with Crippen LogP contribution < -0.4 is 4.90 Å². The van der Waals surface area contributed by atoms with Crippen LogP contribution >= 0.6 is 0 Å². The van der Waals surface area contributed by atoms with Gasteiger partial charge in [-0.2, -0.15) is 4.39 Å². The lowest BCUT2D eigenvalue weighted by atomic mass is 10.1. The third-order valence-corrected chi connectivity index (χ3v) is 3.93. The van der Waals surface area contributed by atoms with Crippen LogP contribution in [0.1, 0.15) is 17.3 Å². The van der Waals surface area contributed by atoms with Crippen LogP contribution in [0.3, 0.4) is 0 Å². The molecule has 0 spiro atoms. The van der Waals surface area contributed by atoms with E-state index in [9.17, 15) is 9.18 Å². The number of hydrogen-bond donors (Lipinski definition) is 0. The molecule has 1 unspecified atom stereocenters. The van der Waals surface area contributed by atoms with Gasteiger partial charge in [-0.1, -0.05) is 24.3 Å². The molecule has 22 heavy (non-hydrogen) atoms. The molecular weight excluding hydrogens is 281 g/mol. The number of anilines is 1. The highest BCUT2D eigenvalue weighted by Gasteiger charge is 2.28. The van der Waals surface area contributed by atoms with Crippen molar-refractivity contribution < 1.29 is 9.18 Å². The summed E-state index contributed by atoms with van der Waals surface area (Å²) < 4.78 is 13.3. The number of piperazine rings is 1. The highest BCUT2D eigenvalue weighted by atomic mass is 19.1. The normalized spacial score (nSPS) is 18.4. The maximum atomic E-state index is 13.3. The third-order valence-electron chi connectivity index (χ3n) is 3.93. The Morgan fingerprint density at radius 1 is 1.14 bits per heavy atom. The zero-order valence-corrected chi connectivity index (χ0v) is 12.4. The van der Waals surface area contributed by atoms with Crippen LogP contribution in [0, 0.1) is 5.95 Å². The number of aromatic nitrogens is 1. The summed E-state index contributed by atoms with van der Waals surface area (Å²) in [4.78, 5) is 20.3. The lowest BCUT2D eigenvalue weighted by Gasteiger charge is -2.40. The van der Waals surface area contributed by atoms with Gasteiger partial charge in [0.1, 0.15) is 5.82 Å². The van der Waals surface area contributed by atoms with Gasteiger partial charge in [-0.25, -0.2) is 4.98 Å². The van der Waals surface area contributed by atoms with Crippen molar-refractivity contribution in [2.75, 3.05) is 24.5 Å². The predicted octanol–water partition coefficient (Wildman–Crippen LogP) is 2.57. The predicted molar refractivity (Wildman–Crippen MR) is 83.3 cm³/mol. The number of rotatable bonds is 2. The van der Waals surface area contributed by atoms with Gasteiger partial charge in [-0.15, -0.1) is 0 Å². The molecule has 1 aromatic carbocycles. The Hall–Kier alpha value is -2.43. The Balaban J connectivity index is 1.71. The Kier molecular flexibility index (Phi) is 4.04. The quantitative estimate of drug-likeness (QED) is 0.800. The average molecular weight is 299 g/mol. The average Bonchev–Trinajstić information content (AvgIpc) is 2.55. The highest BCUT2D eigenvalue weighted by Crippen LogP contribution is 2.19. The Morgan fingerprint density at radius 3 is 2.59 bits per heavy atom. The number of benzene rings is 1. The maximum absolute atomic E-state index is 13.3. The lowest BCUT2D eigenvalue weighted by molar-refractivity contribution is 0.0726. The second-order valence-corrected chi connectivity index (χ2v) is 5.48. The Morgan fingerprint density at radius 2 is 1.91 bits per heavy atom. The van der Waals surface area contributed by atoms with Gasteiger partial charge in [0, 0.05) is 31.2 Å². The third kappa shape index (κ3) is 2.93. The van der Waals surface area contributed by atoms with Gasteiger partial charge >= 0.3 is 0 Å². The summed E-state index contributed by atoms with van der Waals surface area (Å²) in [6.45, 7) is 3.88. The summed E-state index contributed by atoms with van der Waals surface area (Å²) in [6, 6.07) is 14.2. The van der Waals surface area contributed by atoms with Crippen LogP contribution in [-0.4, -0.2) is 41.5 Å². The van der Waals surface area contributed by atoms with E-state index in [1.54, 1.807) is 12.1 Å². The number of hydrogen-bond acceptors (Lipinski definition) is 3. The molecule has 3 rings (SSSR count). The van der Waals surface area contributed by atoms with Crippen molar-refractivity contribution in [2.45, 2.75) is 13.0 Å². The smallest absolute Gasteiger partial charge is 0.253 e. The summed E-state index contributed by atoms with van der Waals surface area (Å²) >= 11 is 0. The second-order valence-electron chi connectivity index (χ2n) is 5.48. The van der Waals surface area contributed by atoms with E-state index in [0.29, 0.717) is 31.0 Å². The van der Waals surface area contributed by atoms with Gasteiger partial charge in [0.2, 0.25) is 5.95 Å². The highest BCUT2D eigenvalue weighted by molar-refractivity contribution is 5.94. The number of nitrogens with zero attached hydrogens (tertiary/aromatic N) is 3. The molecule has 2 aromatic rings. The minimum Gasteiger partial charge on any atom is -0.350 e. The fourth-order valence-corrected chi connectivity index (χ4v) is 2.80. The molecule has 1 amide bonds. The standard InChI is InChI=1S/C17H18FN3O/c1-13-12-20(17(22)14-6-3-2-4-7-14)10-11-21(13)16-9-5-8-15(18)19-16/h2-9,13H,10-12H2,1H3. The summed E-state index contributed by atoms with van der Waals surface area (Å²) in [7, 11) is 0. The first kappa shape index (κ1) is 14.5. The van der Waals surface area contributed by atoms with Crippen molar-refractivity contribution in [1.82, 2.24) is 9.88 Å². The van der Waals surface area contributed by atoms with E-state index in [4.69, 9.17) is 0 Å². The van der Waals surface area contributed by atoms with Crippen molar-refractivity contribution in [3.8, 4) is 0 Å². The molecule has 1 atom stereocenters. The minimum atomic E-state index is -0.479. The molecule has 0 N–H and O–H groups in total. The van der Waals surface area contributed by atoms with Gasteiger partial charge in [0.15, 0.2) is 0 Å². The molecule has 1 aromatic heterocycles. The number of amides is 1. The van der Waals surface area contributed by atoms with E-state index in [0.717, 1.165) is 0 Å². The molecule has 4 nitrogen and oxygen atoms in total. The van der Waals surface area contributed by atoms with Gasteiger partial charge in [0.05, 0.1) is 0 Å². The molecule has 2 heterocycles. The van der Waals surface area contributed by atoms with Crippen LogP contribution in [0.4, 0.5) is 10.2 Å². The Bertz CT molecular complexity index is 662. The fraction of sp³-hybridized carbons (Fsp3) is 0.294. The topological polar surface area (TPSA) is 36.4 Å². The van der Waals surface area contributed by atoms with E-state index in [-0.39, 0.29) is 11.9 Å². The van der Waals surface area contributed by atoms with E-state index < -0.39 is 5.95 Å². The van der Waals surface area contributed by atoms with Gasteiger partial charge in [-0.05, 0) is 31.2 Å². The van der Waals surface area contributed by atoms with Crippen LogP contribution in [0.2, 0.25) is 0 Å². The van der Waals surface area contributed by atoms with E-state index in [1.807, 2.05) is 47.1 Å². The second kappa shape index (κ2) is 6.13. The monoisotopic (exact) mass is 299 g/mol. The number of halogens is 1. The number of pyridine rings is 1. The van der Waals surface area contributed by atoms with Gasteiger partial charge in [0.25, 0.3) is 5.91 Å². The Labute approximate surface area is 129 Å². The number of carbonyl (C=O) groups is 1. The van der Waals surface area contributed by atoms with Crippen LogP contribution in [0.25, 0.3) is 0 Å². The van der Waals surface area contributed by atoms with Gasteiger partial charge < -0.3 is 9.80 Å². The van der Waals surface area contributed by atoms with Crippen molar-refractivity contribution in [3.05, 3.63) is 60.0 Å². The SMILES string of the molecule is CC1CN(C(=O)c2ccccc2)CCN1c1cccc(F)n1. The summed E-state index contributed by atoms with van der Waals surface area (Å²) in [5.41, 5.74) is 0.701. The summed E-state index contributed by atoms with van der Waals surface area (Å²) in [5.74, 6) is 0.186. The molecule has 0 radical (unpaired) electrons. The zero-order chi connectivity index (χ0) is 15.5.